The Labute approximate surface area is 61.7 Å². The number of hydrogen-bond acceptors (Lipinski definition) is 1. The molecule has 2 atom stereocenters. The summed E-state index contributed by atoms with van der Waals surface area (Å²) in [4.78, 5) is 8.45. The van der Waals surface area contributed by atoms with E-state index in [9.17, 15) is 0 Å². The Morgan fingerprint density at radius 3 is 2.33 bits per heavy atom. The van der Waals surface area contributed by atoms with E-state index in [1.165, 1.54) is 31.8 Å². The molecule has 1 N–H and O–H groups in total. The van der Waals surface area contributed by atoms with Crippen LogP contribution in [0, 0.1) is 0 Å². The van der Waals surface area contributed by atoms with Gasteiger partial charge in [-0.2, -0.15) is 0 Å². The Kier molecular flexibility index (Phi) is 9.62. The van der Waals surface area contributed by atoms with E-state index in [0.717, 1.165) is 6.16 Å². The molecule has 0 amide bonds. The van der Waals surface area contributed by atoms with E-state index in [-0.39, 0.29) is 8.81 Å². The van der Waals surface area contributed by atoms with E-state index in [2.05, 4.69) is 9.24 Å². The first-order valence-electron chi connectivity index (χ1n) is 3.49. The molecule has 0 rings (SSSR count). The summed E-state index contributed by atoms with van der Waals surface area (Å²) in [5.41, 5.74) is 0. The van der Waals surface area contributed by atoms with Crippen LogP contribution in [-0.4, -0.2) is 17.2 Å². The third-order valence-electron chi connectivity index (χ3n) is 1.24. The van der Waals surface area contributed by atoms with Gasteiger partial charge in [0.1, 0.15) is 0 Å². The van der Waals surface area contributed by atoms with E-state index < -0.39 is 0 Å². The van der Waals surface area contributed by atoms with Gasteiger partial charge in [-0.25, -0.2) is 0 Å². The standard InChI is InChI=1S/C6H16OP2/c7-9-6-4-2-1-3-5-8/h7,9H,1-6,8H2. The Morgan fingerprint density at radius 2 is 1.78 bits per heavy atom. The van der Waals surface area contributed by atoms with Crippen LogP contribution in [0.2, 0.25) is 0 Å². The minimum absolute atomic E-state index is 0.164. The number of hydrogen-bond donors (Lipinski definition) is 1. The van der Waals surface area contributed by atoms with Gasteiger partial charge in [0.2, 0.25) is 0 Å². The minimum atomic E-state index is 0.164. The molecule has 0 saturated carbocycles. The molecule has 2 unspecified atom stereocenters. The third kappa shape index (κ3) is 8.82. The minimum Gasteiger partial charge on any atom is -0.377 e. The van der Waals surface area contributed by atoms with Gasteiger partial charge < -0.3 is 4.89 Å². The molecular formula is C6H16OP2. The lowest BCUT2D eigenvalue weighted by Gasteiger charge is -1.95. The Morgan fingerprint density at radius 1 is 1.11 bits per heavy atom. The topological polar surface area (TPSA) is 20.2 Å². The van der Waals surface area contributed by atoms with Crippen molar-refractivity contribution in [3.8, 4) is 0 Å². The maximum atomic E-state index is 8.45. The van der Waals surface area contributed by atoms with Crippen molar-refractivity contribution < 1.29 is 4.89 Å². The Bertz CT molecular complexity index is 44.3. The van der Waals surface area contributed by atoms with E-state index in [4.69, 9.17) is 4.89 Å². The number of rotatable bonds is 6. The molecule has 0 aliphatic rings. The number of unbranched alkanes of at least 4 members (excludes halogenated alkanes) is 3. The molecule has 0 bridgehead atoms. The molecule has 0 fully saturated rings. The van der Waals surface area contributed by atoms with Crippen LogP contribution < -0.4 is 0 Å². The summed E-state index contributed by atoms with van der Waals surface area (Å²) < 4.78 is 0. The molecule has 0 aliphatic carbocycles. The van der Waals surface area contributed by atoms with Gasteiger partial charge in [0.05, 0.1) is 0 Å². The summed E-state index contributed by atoms with van der Waals surface area (Å²) in [6, 6.07) is 0. The third-order valence-corrected chi connectivity index (χ3v) is 2.23. The van der Waals surface area contributed by atoms with Crippen molar-refractivity contribution in [3.63, 3.8) is 0 Å². The van der Waals surface area contributed by atoms with Crippen LogP contribution in [0.1, 0.15) is 25.7 Å². The van der Waals surface area contributed by atoms with Crippen LogP contribution in [0.15, 0.2) is 0 Å². The summed E-state index contributed by atoms with van der Waals surface area (Å²) >= 11 is 0. The lowest BCUT2D eigenvalue weighted by Crippen LogP contribution is -1.79. The molecule has 1 nitrogen and oxygen atoms in total. The van der Waals surface area contributed by atoms with Crippen molar-refractivity contribution in [2.24, 2.45) is 0 Å². The smallest absolute Gasteiger partial charge is 0.0107 e. The zero-order valence-electron chi connectivity index (χ0n) is 5.77. The Balaban J connectivity index is 2.60. The van der Waals surface area contributed by atoms with E-state index >= 15 is 0 Å². The SMILES string of the molecule is OPCCCCCCP. The van der Waals surface area contributed by atoms with Crippen molar-refractivity contribution in [3.05, 3.63) is 0 Å². The fourth-order valence-electron chi connectivity index (χ4n) is 0.702. The highest BCUT2D eigenvalue weighted by Crippen LogP contribution is 2.08. The molecule has 9 heavy (non-hydrogen) atoms. The van der Waals surface area contributed by atoms with Gasteiger partial charge in [-0.3, -0.25) is 0 Å². The molecule has 0 saturated heterocycles. The van der Waals surface area contributed by atoms with Crippen LogP contribution in [0.25, 0.3) is 0 Å². The summed E-state index contributed by atoms with van der Waals surface area (Å²) in [5.74, 6) is 0. The van der Waals surface area contributed by atoms with Crippen molar-refractivity contribution in [1.82, 2.24) is 0 Å². The fourth-order valence-corrected chi connectivity index (χ4v) is 1.40. The fraction of sp³-hybridized carbons (Fsp3) is 1.00. The molecule has 0 aromatic rings. The summed E-state index contributed by atoms with van der Waals surface area (Å²) in [5, 5.41) is 0. The van der Waals surface area contributed by atoms with Gasteiger partial charge in [0, 0.05) is 8.81 Å². The lowest BCUT2D eigenvalue weighted by atomic mass is 10.2. The van der Waals surface area contributed by atoms with Crippen molar-refractivity contribution in [1.29, 1.82) is 0 Å². The second-order valence-corrected chi connectivity index (χ2v) is 3.50. The summed E-state index contributed by atoms with van der Waals surface area (Å²) in [7, 11) is 2.89. The molecule has 0 spiro atoms. The van der Waals surface area contributed by atoms with Gasteiger partial charge in [0.15, 0.2) is 0 Å². The van der Waals surface area contributed by atoms with Gasteiger partial charge in [0.25, 0.3) is 0 Å². The normalized spacial score (nSPS) is 11.3. The molecule has 0 heterocycles. The van der Waals surface area contributed by atoms with Gasteiger partial charge in [-0.05, 0) is 25.2 Å². The van der Waals surface area contributed by atoms with Gasteiger partial charge >= 0.3 is 0 Å². The van der Waals surface area contributed by atoms with Crippen molar-refractivity contribution >= 4 is 18.0 Å². The highest BCUT2D eigenvalue weighted by Gasteiger charge is 1.86. The van der Waals surface area contributed by atoms with Crippen molar-refractivity contribution in [2.75, 3.05) is 12.3 Å². The average molecular weight is 166 g/mol. The summed E-state index contributed by atoms with van der Waals surface area (Å²) in [6.07, 6.45) is 7.38. The first kappa shape index (κ1) is 9.82. The lowest BCUT2D eigenvalue weighted by molar-refractivity contribution is 0.633. The van der Waals surface area contributed by atoms with Crippen LogP contribution in [-0.2, 0) is 0 Å². The van der Waals surface area contributed by atoms with Crippen LogP contribution in [0.5, 0.6) is 0 Å². The van der Waals surface area contributed by atoms with Crippen molar-refractivity contribution in [2.45, 2.75) is 25.7 Å². The van der Waals surface area contributed by atoms with Gasteiger partial charge in [-0.1, -0.05) is 12.8 Å². The molecule has 56 valence electrons. The molecule has 3 heteroatoms. The van der Waals surface area contributed by atoms with Crippen LogP contribution >= 0.6 is 18.0 Å². The van der Waals surface area contributed by atoms with Crippen LogP contribution in [0.3, 0.4) is 0 Å². The predicted molar refractivity (Wildman–Crippen MR) is 48.4 cm³/mol. The maximum absolute atomic E-state index is 8.45. The predicted octanol–water partition coefficient (Wildman–Crippen LogP) is 2.01. The molecule has 0 aromatic carbocycles. The second kappa shape index (κ2) is 8.82. The monoisotopic (exact) mass is 166 g/mol. The molecule has 0 radical (unpaired) electrons. The largest absolute Gasteiger partial charge is 0.377 e. The second-order valence-electron chi connectivity index (χ2n) is 2.11. The molecule has 0 aliphatic heterocycles. The Hall–Kier alpha value is 0.820. The first-order chi connectivity index (χ1) is 4.41. The zero-order chi connectivity index (χ0) is 6.95. The van der Waals surface area contributed by atoms with E-state index in [1.807, 2.05) is 0 Å². The highest BCUT2D eigenvalue weighted by molar-refractivity contribution is 7.31. The zero-order valence-corrected chi connectivity index (χ0v) is 7.92. The molecule has 0 aromatic heterocycles. The van der Waals surface area contributed by atoms with Crippen LogP contribution in [0.4, 0.5) is 0 Å². The van der Waals surface area contributed by atoms with E-state index in [0.29, 0.717) is 0 Å². The summed E-state index contributed by atoms with van der Waals surface area (Å²) in [6.45, 7) is 0. The average Bonchev–Trinajstić information content (AvgIpc) is 1.89. The quantitative estimate of drug-likeness (QED) is 0.472. The highest BCUT2D eigenvalue weighted by atomic mass is 31.1. The maximum Gasteiger partial charge on any atom is 0.0107 e. The molecular weight excluding hydrogens is 150 g/mol. The van der Waals surface area contributed by atoms with E-state index in [1.54, 1.807) is 0 Å². The first-order valence-corrected chi connectivity index (χ1v) is 5.46. The van der Waals surface area contributed by atoms with Gasteiger partial charge in [-0.15, -0.1) is 9.24 Å².